The number of rotatable bonds is 3. The van der Waals surface area contributed by atoms with Crippen LogP contribution in [-0.2, 0) is 6.54 Å². The molecule has 0 aliphatic carbocycles. The second-order valence-electron chi connectivity index (χ2n) is 5.00. The highest BCUT2D eigenvalue weighted by Gasteiger charge is 2.08. The Morgan fingerprint density at radius 2 is 2.05 bits per heavy atom. The van der Waals surface area contributed by atoms with Gasteiger partial charge in [0.05, 0.1) is 12.1 Å². The van der Waals surface area contributed by atoms with E-state index in [0.717, 1.165) is 16.5 Å². The first kappa shape index (κ1) is 13.4. The van der Waals surface area contributed by atoms with E-state index in [4.69, 9.17) is 0 Å². The number of halogens is 1. The van der Waals surface area contributed by atoms with Crippen LogP contribution in [0, 0.1) is 12.7 Å². The second-order valence-corrected chi connectivity index (χ2v) is 5.00. The van der Waals surface area contributed by atoms with Gasteiger partial charge in [0.1, 0.15) is 5.82 Å². The first-order valence-electron chi connectivity index (χ1n) is 6.69. The van der Waals surface area contributed by atoms with Crippen molar-refractivity contribution in [3.05, 3.63) is 65.0 Å². The number of fused-ring (bicyclic) bond motifs is 1. The van der Waals surface area contributed by atoms with Crippen molar-refractivity contribution in [1.82, 2.24) is 4.98 Å². The normalized spacial score (nSPS) is 11.5. The summed E-state index contributed by atoms with van der Waals surface area (Å²) in [5.41, 5.74) is 3.12. The smallest absolute Gasteiger partial charge is 0.198 e. The van der Waals surface area contributed by atoms with Crippen LogP contribution in [0.4, 0.5) is 4.39 Å². The Labute approximate surface area is 121 Å². The van der Waals surface area contributed by atoms with E-state index < -0.39 is 0 Å². The average molecular weight is 282 g/mol. The fraction of sp³-hybridized carbons (Fsp3) is 0.118. The third-order valence-electron chi connectivity index (χ3n) is 3.41. The summed E-state index contributed by atoms with van der Waals surface area (Å²) in [6.07, 6.45) is 1.58. The molecule has 0 saturated carbocycles. The van der Waals surface area contributed by atoms with Gasteiger partial charge in [-0.1, -0.05) is 29.8 Å². The number of aromatic hydroxyl groups is 1. The minimum absolute atomic E-state index is 0.0767. The molecule has 3 rings (SSSR count). The van der Waals surface area contributed by atoms with Crippen molar-refractivity contribution in [2.45, 2.75) is 13.5 Å². The number of nitrogens with one attached hydrogen (secondary N) is 1. The third-order valence-corrected chi connectivity index (χ3v) is 3.41. The van der Waals surface area contributed by atoms with Crippen molar-refractivity contribution in [3.8, 4) is 5.88 Å². The Morgan fingerprint density at radius 3 is 2.86 bits per heavy atom. The number of aliphatic imine (C=N–C) groups is 1. The highest BCUT2D eigenvalue weighted by molar-refractivity contribution is 6.02. The van der Waals surface area contributed by atoms with Crippen molar-refractivity contribution >= 4 is 17.1 Å². The Hall–Kier alpha value is -2.62. The van der Waals surface area contributed by atoms with E-state index in [1.54, 1.807) is 24.4 Å². The van der Waals surface area contributed by atoms with Gasteiger partial charge in [-0.25, -0.2) is 4.39 Å². The number of aromatic amines is 1. The quantitative estimate of drug-likeness (QED) is 0.702. The molecule has 0 aliphatic rings. The van der Waals surface area contributed by atoms with Crippen LogP contribution in [-0.4, -0.2) is 16.3 Å². The topological polar surface area (TPSA) is 48.4 Å². The minimum atomic E-state index is -0.270. The Kier molecular flexibility index (Phi) is 3.44. The molecule has 106 valence electrons. The molecule has 1 aromatic heterocycles. The molecule has 1 heterocycles. The Bertz CT molecular complexity index is 821. The highest BCUT2D eigenvalue weighted by atomic mass is 19.1. The monoisotopic (exact) mass is 282 g/mol. The molecule has 2 aromatic carbocycles. The molecule has 3 nitrogen and oxygen atoms in total. The molecule has 21 heavy (non-hydrogen) atoms. The molecule has 0 amide bonds. The van der Waals surface area contributed by atoms with Gasteiger partial charge in [0.2, 0.25) is 0 Å². The fourth-order valence-electron chi connectivity index (χ4n) is 2.30. The largest absolute Gasteiger partial charge is 0.494 e. The third kappa shape index (κ3) is 2.65. The summed E-state index contributed by atoms with van der Waals surface area (Å²) < 4.78 is 13.5. The lowest BCUT2D eigenvalue weighted by Crippen LogP contribution is -1.88. The van der Waals surface area contributed by atoms with E-state index in [2.05, 4.69) is 9.98 Å². The summed E-state index contributed by atoms with van der Waals surface area (Å²) in [7, 11) is 0. The van der Waals surface area contributed by atoms with Crippen molar-refractivity contribution in [3.63, 3.8) is 0 Å². The minimum Gasteiger partial charge on any atom is -0.494 e. The first-order valence-corrected chi connectivity index (χ1v) is 6.69. The van der Waals surface area contributed by atoms with Crippen molar-refractivity contribution in [2.24, 2.45) is 4.99 Å². The maximum atomic E-state index is 13.5. The molecule has 0 fully saturated rings. The number of hydrogen-bond donors (Lipinski definition) is 2. The van der Waals surface area contributed by atoms with Crippen LogP contribution < -0.4 is 0 Å². The van der Waals surface area contributed by atoms with Crippen molar-refractivity contribution in [1.29, 1.82) is 0 Å². The van der Waals surface area contributed by atoms with Crippen LogP contribution in [0.3, 0.4) is 0 Å². The summed E-state index contributed by atoms with van der Waals surface area (Å²) in [6.45, 7) is 2.23. The zero-order valence-corrected chi connectivity index (χ0v) is 11.6. The van der Waals surface area contributed by atoms with Gasteiger partial charge in [0, 0.05) is 22.7 Å². The molecule has 0 bridgehead atoms. The van der Waals surface area contributed by atoms with Gasteiger partial charge < -0.3 is 10.1 Å². The summed E-state index contributed by atoms with van der Waals surface area (Å²) in [6, 6.07) is 12.4. The van der Waals surface area contributed by atoms with Gasteiger partial charge in [0.25, 0.3) is 0 Å². The van der Waals surface area contributed by atoms with Gasteiger partial charge >= 0.3 is 0 Å². The van der Waals surface area contributed by atoms with E-state index >= 15 is 0 Å². The Balaban J connectivity index is 1.91. The van der Waals surface area contributed by atoms with E-state index in [1.165, 1.54) is 6.07 Å². The molecule has 0 spiro atoms. The van der Waals surface area contributed by atoms with Crippen LogP contribution in [0.1, 0.15) is 16.7 Å². The predicted octanol–water partition coefficient (Wildman–Crippen LogP) is 3.94. The van der Waals surface area contributed by atoms with Gasteiger partial charge in [-0.05, 0) is 25.1 Å². The Morgan fingerprint density at radius 1 is 1.24 bits per heavy atom. The predicted molar refractivity (Wildman–Crippen MR) is 82.4 cm³/mol. The number of nitrogens with zero attached hydrogens (tertiary/aromatic N) is 1. The highest BCUT2D eigenvalue weighted by Crippen LogP contribution is 2.26. The lowest BCUT2D eigenvalue weighted by molar-refractivity contribution is 0.457. The maximum absolute atomic E-state index is 13.5. The van der Waals surface area contributed by atoms with Gasteiger partial charge in [-0.3, -0.25) is 4.99 Å². The van der Waals surface area contributed by atoms with Gasteiger partial charge in [-0.15, -0.1) is 0 Å². The molecular formula is C17H15FN2O. The zero-order valence-electron chi connectivity index (χ0n) is 11.6. The molecule has 0 radical (unpaired) electrons. The van der Waals surface area contributed by atoms with Gasteiger partial charge in [-0.2, -0.15) is 0 Å². The standard InChI is InChI=1S/C17H15FN2O/c1-11-6-7-16-13(8-11)14(17(21)20-16)10-19-9-12-4-2-3-5-15(12)18/h2-8,10,20-21H,9H2,1H3. The lowest BCUT2D eigenvalue weighted by atomic mass is 10.1. The van der Waals surface area contributed by atoms with Gasteiger partial charge in [0.15, 0.2) is 5.88 Å². The van der Waals surface area contributed by atoms with Crippen LogP contribution in [0.15, 0.2) is 47.5 Å². The molecule has 4 heteroatoms. The number of benzene rings is 2. The second kappa shape index (κ2) is 5.40. The van der Waals surface area contributed by atoms with E-state index in [0.29, 0.717) is 11.1 Å². The molecule has 0 atom stereocenters. The molecule has 0 unspecified atom stereocenters. The molecular weight excluding hydrogens is 267 g/mol. The van der Waals surface area contributed by atoms with Crippen molar-refractivity contribution in [2.75, 3.05) is 0 Å². The van der Waals surface area contributed by atoms with E-state index in [-0.39, 0.29) is 18.2 Å². The summed E-state index contributed by atoms with van der Waals surface area (Å²) in [4.78, 5) is 7.15. The average Bonchev–Trinajstić information content (AvgIpc) is 2.77. The van der Waals surface area contributed by atoms with Crippen LogP contribution in [0.5, 0.6) is 5.88 Å². The lowest BCUT2D eigenvalue weighted by Gasteiger charge is -1.98. The summed E-state index contributed by atoms with van der Waals surface area (Å²) in [5, 5.41) is 10.9. The molecule has 0 aliphatic heterocycles. The number of aryl methyl sites for hydroxylation is 1. The molecule has 2 N–H and O–H groups in total. The van der Waals surface area contributed by atoms with E-state index in [9.17, 15) is 9.50 Å². The van der Waals surface area contributed by atoms with Crippen LogP contribution in [0.2, 0.25) is 0 Å². The first-order chi connectivity index (χ1) is 10.1. The van der Waals surface area contributed by atoms with E-state index in [1.807, 2.05) is 25.1 Å². The zero-order chi connectivity index (χ0) is 14.8. The summed E-state index contributed by atoms with van der Waals surface area (Å²) in [5.74, 6) is -0.193. The number of H-pyrrole nitrogens is 1. The molecule has 0 saturated heterocycles. The SMILES string of the molecule is Cc1ccc2[nH]c(O)c(C=NCc3ccccc3F)c2c1. The van der Waals surface area contributed by atoms with Crippen molar-refractivity contribution < 1.29 is 9.50 Å². The summed E-state index contributed by atoms with van der Waals surface area (Å²) >= 11 is 0. The fourth-order valence-corrected chi connectivity index (χ4v) is 2.30. The number of hydrogen-bond acceptors (Lipinski definition) is 2. The molecule has 3 aromatic rings. The number of aromatic nitrogens is 1. The van der Waals surface area contributed by atoms with Crippen LogP contribution in [0.25, 0.3) is 10.9 Å². The van der Waals surface area contributed by atoms with Crippen LogP contribution >= 0.6 is 0 Å². The maximum Gasteiger partial charge on any atom is 0.198 e.